The van der Waals surface area contributed by atoms with Crippen LogP contribution in [0.5, 0.6) is 0 Å². The minimum Gasteiger partial charge on any atom is -0.330 e. The van der Waals surface area contributed by atoms with Crippen LogP contribution < -0.4 is 5.73 Å². The second kappa shape index (κ2) is 5.22. The third-order valence-electron chi connectivity index (χ3n) is 4.48. The normalized spacial score (nSPS) is 28.5. The van der Waals surface area contributed by atoms with Crippen molar-refractivity contribution in [2.45, 2.75) is 46.0 Å². The first-order chi connectivity index (χ1) is 8.17. The Morgan fingerprint density at radius 2 is 2.24 bits per heavy atom. The summed E-state index contributed by atoms with van der Waals surface area (Å²) in [5.41, 5.74) is 9.28. The van der Waals surface area contributed by atoms with Crippen molar-refractivity contribution in [2.75, 3.05) is 6.54 Å². The summed E-state index contributed by atoms with van der Waals surface area (Å²) in [6.07, 6.45) is 6.50. The Morgan fingerprint density at radius 3 is 2.82 bits per heavy atom. The molecular formula is C16H25N. The summed E-state index contributed by atoms with van der Waals surface area (Å²) < 4.78 is 0. The number of benzene rings is 1. The van der Waals surface area contributed by atoms with Gasteiger partial charge in [-0.15, -0.1) is 0 Å². The smallest absolute Gasteiger partial charge is 0.00172 e. The lowest BCUT2D eigenvalue weighted by atomic mass is 9.79. The first kappa shape index (κ1) is 12.6. The highest BCUT2D eigenvalue weighted by Crippen LogP contribution is 2.44. The summed E-state index contributed by atoms with van der Waals surface area (Å²) in [6, 6.07) is 8.91. The number of aryl methyl sites for hydroxylation is 1. The van der Waals surface area contributed by atoms with Crippen LogP contribution in [0.3, 0.4) is 0 Å². The second-order valence-electron chi connectivity index (χ2n) is 5.89. The molecule has 0 heterocycles. The zero-order valence-electron chi connectivity index (χ0n) is 11.2. The van der Waals surface area contributed by atoms with E-state index in [0.29, 0.717) is 5.41 Å². The van der Waals surface area contributed by atoms with E-state index in [4.69, 9.17) is 5.73 Å². The van der Waals surface area contributed by atoms with Crippen molar-refractivity contribution >= 4 is 0 Å². The molecule has 1 aromatic rings. The number of hydrogen-bond donors (Lipinski definition) is 1. The van der Waals surface area contributed by atoms with Crippen LogP contribution in [0.4, 0.5) is 0 Å². The molecule has 0 aromatic heterocycles. The largest absolute Gasteiger partial charge is 0.330 e. The van der Waals surface area contributed by atoms with Crippen molar-refractivity contribution in [1.29, 1.82) is 0 Å². The van der Waals surface area contributed by atoms with Gasteiger partial charge < -0.3 is 5.73 Å². The lowest BCUT2D eigenvalue weighted by Gasteiger charge is -2.28. The molecule has 0 saturated heterocycles. The fourth-order valence-electron chi connectivity index (χ4n) is 3.35. The quantitative estimate of drug-likeness (QED) is 0.840. The number of hydrogen-bond acceptors (Lipinski definition) is 1. The molecule has 1 aliphatic rings. The molecule has 94 valence electrons. The van der Waals surface area contributed by atoms with Gasteiger partial charge >= 0.3 is 0 Å². The van der Waals surface area contributed by atoms with Gasteiger partial charge in [0.15, 0.2) is 0 Å². The molecule has 2 rings (SSSR count). The van der Waals surface area contributed by atoms with Crippen molar-refractivity contribution in [3.63, 3.8) is 0 Å². The zero-order valence-corrected chi connectivity index (χ0v) is 11.2. The van der Waals surface area contributed by atoms with Crippen molar-refractivity contribution < 1.29 is 0 Å². The van der Waals surface area contributed by atoms with Crippen LogP contribution in [0.2, 0.25) is 0 Å². The van der Waals surface area contributed by atoms with Crippen LogP contribution in [0.25, 0.3) is 0 Å². The monoisotopic (exact) mass is 231 g/mol. The average molecular weight is 231 g/mol. The highest BCUT2D eigenvalue weighted by atomic mass is 14.6. The Labute approximate surface area is 105 Å². The molecule has 1 saturated carbocycles. The van der Waals surface area contributed by atoms with Gasteiger partial charge in [-0.25, -0.2) is 0 Å². The van der Waals surface area contributed by atoms with Crippen LogP contribution >= 0.6 is 0 Å². The molecule has 1 fully saturated rings. The van der Waals surface area contributed by atoms with Crippen LogP contribution in [-0.2, 0) is 6.42 Å². The predicted octanol–water partition coefficient (Wildman–Crippen LogP) is 3.69. The van der Waals surface area contributed by atoms with Crippen LogP contribution in [-0.4, -0.2) is 6.54 Å². The maximum atomic E-state index is 6.07. The summed E-state index contributed by atoms with van der Waals surface area (Å²) in [5.74, 6) is 0.906. The summed E-state index contributed by atoms with van der Waals surface area (Å²) in [7, 11) is 0. The molecule has 0 amide bonds. The first-order valence-electron chi connectivity index (χ1n) is 6.93. The van der Waals surface area contributed by atoms with E-state index in [0.717, 1.165) is 12.5 Å². The Bertz CT molecular complexity index is 372. The SMILES string of the molecule is CCC1CCC(CN)(Cc2cccc(C)c2)C1. The molecule has 2 atom stereocenters. The number of rotatable bonds is 4. The van der Waals surface area contributed by atoms with E-state index in [1.54, 1.807) is 0 Å². The maximum absolute atomic E-state index is 6.07. The van der Waals surface area contributed by atoms with Gasteiger partial charge in [0, 0.05) is 0 Å². The third kappa shape index (κ3) is 2.90. The molecule has 17 heavy (non-hydrogen) atoms. The minimum atomic E-state index is 0.383. The molecule has 1 nitrogen and oxygen atoms in total. The van der Waals surface area contributed by atoms with Crippen LogP contribution in [0, 0.1) is 18.3 Å². The van der Waals surface area contributed by atoms with E-state index in [1.165, 1.54) is 43.2 Å². The molecule has 1 heteroatoms. The molecular weight excluding hydrogens is 206 g/mol. The van der Waals surface area contributed by atoms with Crippen molar-refractivity contribution in [2.24, 2.45) is 17.1 Å². The molecule has 0 aliphatic heterocycles. The van der Waals surface area contributed by atoms with Gasteiger partial charge in [0.1, 0.15) is 0 Å². The Morgan fingerprint density at radius 1 is 1.41 bits per heavy atom. The Kier molecular flexibility index (Phi) is 3.88. The zero-order chi connectivity index (χ0) is 12.3. The van der Waals surface area contributed by atoms with E-state index in [2.05, 4.69) is 38.1 Å². The van der Waals surface area contributed by atoms with Crippen LogP contribution in [0.15, 0.2) is 24.3 Å². The van der Waals surface area contributed by atoms with Gasteiger partial charge in [0.2, 0.25) is 0 Å². The molecule has 0 bridgehead atoms. The Hall–Kier alpha value is -0.820. The van der Waals surface area contributed by atoms with Crippen molar-refractivity contribution in [1.82, 2.24) is 0 Å². The first-order valence-corrected chi connectivity index (χ1v) is 6.93. The fraction of sp³-hybridized carbons (Fsp3) is 0.625. The lowest BCUT2D eigenvalue weighted by molar-refractivity contribution is 0.290. The highest BCUT2D eigenvalue weighted by molar-refractivity contribution is 5.23. The van der Waals surface area contributed by atoms with E-state index < -0.39 is 0 Å². The standard InChI is InChI=1S/C16H25N/c1-3-14-7-8-16(10-14,12-17)11-15-6-4-5-13(2)9-15/h4-6,9,14H,3,7-8,10-12,17H2,1-2H3. The average Bonchev–Trinajstić information content (AvgIpc) is 2.73. The lowest BCUT2D eigenvalue weighted by Crippen LogP contribution is -2.30. The van der Waals surface area contributed by atoms with Gasteiger partial charge in [-0.3, -0.25) is 0 Å². The topological polar surface area (TPSA) is 26.0 Å². The fourth-order valence-corrected chi connectivity index (χ4v) is 3.35. The second-order valence-corrected chi connectivity index (χ2v) is 5.89. The maximum Gasteiger partial charge on any atom is -0.00172 e. The summed E-state index contributed by atoms with van der Waals surface area (Å²) in [6.45, 7) is 5.32. The van der Waals surface area contributed by atoms with Crippen LogP contribution in [0.1, 0.15) is 43.7 Å². The molecule has 0 spiro atoms. The third-order valence-corrected chi connectivity index (χ3v) is 4.48. The summed E-state index contributed by atoms with van der Waals surface area (Å²) >= 11 is 0. The molecule has 1 aliphatic carbocycles. The molecule has 2 N–H and O–H groups in total. The van der Waals surface area contributed by atoms with E-state index in [-0.39, 0.29) is 0 Å². The molecule has 0 radical (unpaired) electrons. The number of nitrogens with two attached hydrogens (primary N) is 1. The van der Waals surface area contributed by atoms with Gasteiger partial charge in [-0.2, -0.15) is 0 Å². The summed E-state index contributed by atoms with van der Waals surface area (Å²) in [4.78, 5) is 0. The minimum absolute atomic E-state index is 0.383. The van der Waals surface area contributed by atoms with E-state index >= 15 is 0 Å². The molecule has 1 aromatic carbocycles. The van der Waals surface area contributed by atoms with Crippen molar-refractivity contribution in [3.8, 4) is 0 Å². The van der Waals surface area contributed by atoms with Crippen molar-refractivity contribution in [3.05, 3.63) is 35.4 Å². The van der Waals surface area contributed by atoms with Gasteiger partial charge in [-0.1, -0.05) is 43.2 Å². The highest BCUT2D eigenvalue weighted by Gasteiger charge is 2.37. The summed E-state index contributed by atoms with van der Waals surface area (Å²) in [5, 5.41) is 0. The molecule has 2 unspecified atom stereocenters. The predicted molar refractivity (Wildman–Crippen MR) is 74.0 cm³/mol. The van der Waals surface area contributed by atoms with Gasteiger partial charge in [0.25, 0.3) is 0 Å². The van der Waals surface area contributed by atoms with E-state index in [1.807, 2.05) is 0 Å². The van der Waals surface area contributed by atoms with Gasteiger partial charge in [0.05, 0.1) is 0 Å². The van der Waals surface area contributed by atoms with Gasteiger partial charge in [-0.05, 0) is 56.0 Å². The Balaban J connectivity index is 2.10. The van der Waals surface area contributed by atoms with E-state index in [9.17, 15) is 0 Å².